The fraction of sp³-hybridized carbons (Fsp3) is 0.105. The minimum absolute atomic E-state index is 0.0830. The van der Waals surface area contributed by atoms with E-state index >= 15 is 0 Å². The van der Waals surface area contributed by atoms with E-state index in [1.807, 2.05) is 17.5 Å². The van der Waals surface area contributed by atoms with Gasteiger partial charge in [-0.3, -0.25) is 4.79 Å². The summed E-state index contributed by atoms with van der Waals surface area (Å²) in [5.41, 5.74) is 0.984. The van der Waals surface area contributed by atoms with E-state index in [1.165, 1.54) is 41.7 Å². The third kappa shape index (κ3) is 4.17. The minimum atomic E-state index is -3.41. The Balaban J connectivity index is 1.92. The van der Waals surface area contributed by atoms with Crippen molar-refractivity contribution in [1.29, 1.82) is 0 Å². The summed E-state index contributed by atoms with van der Waals surface area (Å²) in [7, 11) is -3.41. The molecule has 26 heavy (non-hydrogen) atoms. The lowest BCUT2D eigenvalue weighted by Crippen LogP contribution is -2.29. The van der Waals surface area contributed by atoms with Crippen molar-refractivity contribution in [3.05, 3.63) is 87.9 Å². The van der Waals surface area contributed by atoms with Crippen LogP contribution in [0.2, 0.25) is 0 Å². The molecule has 0 saturated heterocycles. The van der Waals surface area contributed by atoms with Crippen LogP contribution in [0.25, 0.3) is 0 Å². The van der Waals surface area contributed by atoms with Crippen LogP contribution in [0, 0.1) is 5.82 Å². The molecule has 0 spiro atoms. The average Bonchev–Trinajstić information content (AvgIpc) is 3.14. The van der Waals surface area contributed by atoms with Crippen molar-refractivity contribution in [2.75, 3.05) is 6.26 Å². The summed E-state index contributed by atoms with van der Waals surface area (Å²) < 4.78 is 36.6. The number of amides is 1. The minimum Gasteiger partial charge on any atom is -0.340 e. The highest BCUT2D eigenvalue weighted by atomic mass is 32.2. The molecule has 134 valence electrons. The van der Waals surface area contributed by atoms with E-state index < -0.39 is 21.8 Å². The summed E-state index contributed by atoms with van der Waals surface area (Å²) in [5.74, 6) is -0.760. The lowest BCUT2D eigenvalue weighted by atomic mass is 10.0. The second kappa shape index (κ2) is 7.39. The first-order valence-corrected chi connectivity index (χ1v) is 10.5. The van der Waals surface area contributed by atoms with Crippen LogP contribution < -0.4 is 5.32 Å². The van der Waals surface area contributed by atoms with Gasteiger partial charge in [-0.05, 0) is 47.3 Å². The van der Waals surface area contributed by atoms with Gasteiger partial charge in [0.25, 0.3) is 5.91 Å². The molecule has 3 aromatic rings. The molecule has 0 aliphatic carbocycles. The van der Waals surface area contributed by atoms with E-state index in [4.69, 9.17) is 0 Å². The van der Waals surface area contributed by atoms with Crippen molar-refractivity contribution in [2.24, 2.45) is 0 Å². The SMILES string of the molecule is CS(=O)(=O)c1cccc(C(=O)N[C@H](c2ccc(F)cc2)c2cccs2)c1. The van der Waals surface area contributed by atoms with Crippen LogP contribution in [0.5, 0.6) is 0 Å². The Bertz CT molecular complexity index is 1010. The summed E-state index contributed by atoms with van der Waals surface area (Å²) >= 11 is 1.47. The zero-order chi connectivity index (χ0) is 18.7. The summed E-state index contributed by atoms with van der Waals surface area (Å²) in [6.07, 6.45) is 1.09. The number of sulfone groups is 1. The highest BCUT2D eigenvalue weighted by molar-refractivity contribution is 7.90. The Morgan fingerprint density at radius 2 is 1.81 bits per heavy atom. The summed E-state index contributed by atoms with van der Waals surface area (Å²) in [4.78, 5) is 13.7. The highest BCUT2D eigenvalue weighted by Crippen LogP contribution is 2.27. The molecule has 0 aliphatic heterocycles. The molecule has 1 aromatic heterocycles. The maximum absolute atomic E-state index is 13.2. The molecular weight excluding hydrogens is 373 g/mol. The number of rotatable bonds is 5. The van der Waals surface area contributed by atoms with Gasteiger partial charge in [-0.15, -0.1) is 11.3 Å². The molecule has 0 fully saturated rings. The largest absolute Gasteiger partial charge is 0.340 e. The molecule has 1 heterocycles. The quantitative estimate of drug-likeness (QED) is 0.722. The van der Waals surface area contributed by atoms with Gasteiger partial charge in [0, 0.05) is 16.7 Å². The van der Waals surface area contributed by atoms with Crippen LogP contribution in [-0.4, -0.2) is 20.6 Å². The van der Waals surface area contributed by atoms with Gasteiger partial charge in [0.2, 0.25) is 0 Å². The molecule has 0 radical (unpaired) electrons. The van der Waals surface area contributed by atoms with E-state index in [1.54, 1.807) is 18.2 Å². The maximum Gasteiger partial charge on any atom is 0.252 e. The van der Waals surface area contributed by atoms with E-state index in [-0.39, 0.29) is 16.3 Å². The molecule has 2 aromatic carbocycles. The van der Waals surface area contributed by atoms with Crippen molar-refractivity contribution in [2.45, 2.75) is 10.9 Å². The highest BCUT2D eigenvalue weighted by Gasteiger charge is 2.20. The van der Waals surface area contributed by atoms with Crippen molar-refractivity contribution >= 4 is 27.1 Å². The van der Waals surface area contributed by atoms with Crippen LogP contribution in [0.3, 0.4) is 0 Å². The Labute approximate surface area is 155 Å². The fourth-order valence-electron chi connectivity index (χ4n) is 2.51. The van der Waals surface area contributed by atoms with Crippen molar-refractivity contribution in [3.63, 3.8) is 0 Å². The number of benzene rings is 2. The van der Waals surface area contributed by atoms with Crippen LogP contribution in [0.4, 0.5) is 4.39 Å². The molecule has 1 amide bonds. The Kier molecular flexibility index (Phi) is 5.20. The molecule has 3 rings (SSSR count). The van der Waals surface area contributed by atoms with Crippen LogP contribution in [0.1, 0.15) is 26.8 Å². The van der Waals surface area contributed by atoms with E-state index in [2.05, 4.69) is 5.32 Å². The second-order valence-electron chi connectivity index (χ2n) is 5.77. The average molecular weight is 389 g/mol. The molecule has 0 bridgehead atoms. The molecule has 4 nitrogen and oxygen atoms in total. The van der Waals surface area contributed by atoms with Gasteiger partial charge < -0.3 is 5.32 Å². The Hall–Kier alpha value is -2.51. The number of thiophene rings is 1. The summed E-state index contributed by atoms with van der Waals surface area (Å²) in [6.45, 7) is 0. The first-order valence-electron chi connectivity index (χ1n) is 7.74. The smallest absolute Gasteiger partial charge is 0.252 e. The number of halogens is 1. The molecule has 1 atom stereocenters. The number of hydrogen-bond acceptors (Lipinski definition) is 4. The lowest BCUT2D eigenvalue weighted by Gasteiger charge is -2.18. The Morgan fingerprint density at radius 1 is 1.08 bits per heavy atom. The van der Waals surface area contributed by atoms with Gasteiger partial charge in [0.15, 0.2) is 9.84 Å². The summed E-state index contributed by atoms with van der Waals surface area (Å²) in [6, 6.07) is 15.1. The van der Waals surface area contributed by atoms with Gasteiger partial charge in [0.1, 0.15) is 5.82 Å². The third-order valence-corrected chi connectivity index (χ3v) is 5.88. The van der Waals surface area contributed by atoms with Gasteiger partial charge in [-0.1, -0.05) is 24.3 Å². The predicted molar refractivity (Wildman–Crippen MR) is 99.6 cm³/mol. The molecule has 0 aliphatic rings. The van der Waals surface area contributed by atoms with Gasteiger partial charge >= 0.3 is 0 Å². The zero-order valence-corrected chi connectivity index (χ0v) is 15.5. The van der Waals surface area contributed by atoms with Crippen molar-refractivity contribution in [3.8, 4) is 0 Å². The van der Waals surface area contributed by atoms with Crippen LogP contribution in [0.15, 0.2) is 70.9 Å². The van der Waals surface area contributed by atoms with Gasteiger partial charge in [-0.25, -0.2) is 12.8 Å². The summed E-state index contributed by atoms with van der Waals surface area (Å²) in [5, 5.41) is 4.80. The zero-order valence-electron chi connectivity index (χ0n) is 13.8. The van der Waals surface area contributed by atoms with E-state index in [0.29, 0.717) is 0 Å². The number of hydrogen-bond donors (Lipinski definition) is 1. The lowest BCUT2D eigenvalue weighted by molar-refractivity contribution is 0.0943. The van der Waals surface area contributed by atoms with Gasteiger partial charge in [0.05, 0.1) is 10.9 Å². The Morgan fingerprint density at radius 3 is 2.42 bits per heavy atom. The monoisotopic (exact) mass is 389 g/mol. The number of nitrogens with one attached hydrogen (secondary N) is 1. The van der Waals surface area contributed by atoms with Crippen LogP contribution in [-0.2, 0) is 9.84 Å². The van der Waals surface area contributed by atoms with Crippen molar-refractivity contribution < 1.29 is 17.6 Å². The van der Waals surface area contributed by atoms with Crippen molar-refractivity contribution in [1.82, 2.24) is 5.32 Å². The first kappa shape index (κ1) is 18.3. The molecule has 1 N–H and O–H groups in total. The first-order chi connectivity index (χ1) is 12.3. The standard InChI is InChI=1S/C19H16FNO3S2/c1-26(23,24)16-5-2-4-14(12-16)19(22)21-18(17-6-3-11-25-17)13-7-9-15(20)10-8-13/h2-12,18H,1H3,(H,21,22)/t18-/m1/s1. The fourth-order valence-corrected chi connectivity index (χ4v) is 3.98. The molecular formula is C19H16FNO3S2. The normalized spacial score (nSPS) is 12.5. The maximum atomic E-state index is 13.2. The number of carbonyl (C=O) groups excluding carboxylic acids is 1. The van der Waals surface area contributed by atoms with E-state index in [0.717, 1.165) is 16.7 Å². The molecule has 0 unspecified atom stereocenters. The van der Waals surface area contributed by atoms with Gasteiger partial charge in [-0.2, -0.15) is 0 Å². The second-order valence-corrected chi connectivity index (χ2v) is 8.77. The van der Waals surface area contributed by atoms with E-state index in [9.17, 15) is 17.6 Å². The van der Waals surface area contributed by atoms with Crippen LogP contribution >= 0.6 is 11.3 Å². The predicted octanol–water partition coefficient (Wildman–Crippen LogP) is 3.81. The number of carbonyl (C=O) groups is 1. The third-order valence-electron chi connectivity index (χ3n) is 3.83. The molecule has 7 heteroatoms. The topological polar surface area (TPSA) is 63.2 Å². The molecule has 0 saturated carbocycles.